The Morgan fingerprint density at radius 2 is 1.78 bits per heavy atom. The molecule has 1 aromatic rings. The van der Waals surface area contributed by atoms with Crippen LogP contribution in [-0.4, -0.2) is 16.8 Å². The highest BCUT2D eigenvalue weighted by Crippen LogP contribution is 2.36. The largest absolute Gasteiger partial charge is 0.417 e. The molecule has 0 bridgehead atoms. The lowest BCUT2D eigenvalue weighted by Crippen LogP contribution is -2.29. The van der Waals surface area contributed by atoms with Crippen molar-refractivity contribution >= 4 is 33.6 Å². The molecule has 1 fully saturated rings. The number of anilines is 1. The maximum absolute atomic E-state index is 12.7. The zero-order valence-corrected chi connectivity index (χ0v) is 10.4. The van der Waals surface area contributed by atoms with Crippen LogP contribution in [0.25, 0.3) is 0 Å². The molecule has 0 aliphatic carbocycles. The van der Waals surface area contributed by atoms with Crippen molar-refractivity contribution in [3.8, 4) is 0 Å². The number of rotatable bonds is 1. The summed E-state index contributed by atoms with van der Waals surface area (Å²) in [5.41, 5.74) is -0.972. The van der Waals surface area contributed by atoms with Crippen LogP contribution in [-0.2, 0) is 15.8 Å². The predicted molar refractivity (Wildman–Crippen MR) is 58.7 cm³/mol. The Hall–Kier alpha value is -1.44. The minimum atomic E-state index is -4.58. The van der Waals surface area contributed by atoms with Gasteiger partial charge in [0.25, 0.3) is 0 Å². The van der Waals surface area contributed by atoms with Gasteiger partial charge >= 0.3 is 6.18 Å². The van der Waals surface area contributed by atoms with Gasteiger partial charge in [-0.15, -0.1) is 0 Å². The molecule has 0 atom stereocenters. The third-order valence-electron chi connectivity index (χ3n) is 2.43. The Morgan fingerprint density at radius 1 is 1.22 bits per heavy atom. The van der Waals surface area contributed by atoms with Gasteiger partial charge in [0.05, 0.1) is 5.56 Å². The summed E-state index contributed by atoms with van der Waals surface area (Å²) in [6.07, 6.45) is -3.66. The van der Waals surface area contributed by atoms with Crippen molar-refractivity contribution in [2.45, 2.75) is 19.0 Å². The molecule has 0 N–H and O–H groups in total. The summed E-state index contributed by atoms with van der Waals surface area (Å²) in [6.45, 7) is 0. The molecule has 2 amide bonds. The number of hydrogen-bond donors (Lipinski definition) is 0. The maximum atomic E-state index is 12.7. The third-order valence-corrected chi connectivity index (χ3v) is 3.06. The molecular formula is C10H6BrF3N2O2. The van der Waals surface area contributed by atoms with Crippen LogP contribution in [0.1, 0.15) is 18.4 Å². The second kappa shape index (κ2) is 4.34. The molecule has 0 spiro atoms. The number of halogens is 4. The van der Waals surface area contributed by atoms with E-state index in [9.17, 15) is 22.8 Å². The number of carbonyl (C=O) groups is 2. The van der Waals surface area contributed by atoms with E-state index in [0.717, 1.165) is 6.20 Å². The Bertz CT molecular complexity index is 514. The fraction of sp³-hybridized carbons (Fsp3) is 0.300. The first-order valence-electron chi connectivity index (χ1n) is 4.89. The van der Waals surface area contributed by atoms with Crippen LogP contribution >= 0.6 is 15.9 Å². The highest BCUT2D eigenvalue weighted by molar-refractivity contribution is 9.10. The minimum Gasteiger partial charge on any atom is -0.274 e. The summed E-state index contributed by atoms with van der Waals surface area (Å²) in [6, 6.07) is 0.686. The fourth-order valence-corrected chi connectivity index (χ4v) is 2.04. The van der Waals surface area contributed by atoms with Crippen LogP contribution < -0.4 is 4.90 Å². The van der Waals surface area contributed by atoms with Crippen molar-refractivity contribution in [3.05, 3.63) is 22.3 Å². The van der Waals surface area contributed by atoms with E-state index in [1.807, 2.05) is 0 Å². The van der Waals surface area contributed by atoms with Gasteiger partial charge in [0.1, 0.15) is 5.82 Å². The van der Waals surface area contributed by atoms with Crippen LogP contribution in [0, 0.1) is 0 Å². The number of nitrogens with zero attached hydrogens (tertiary/aromatic N) is 2. The molecule has 0 aromatic carbocycles. The molecule has 8 heteroatoms. The van der Waals surface area contributed by atoms with Gasteiger partial charge in [0.2, 0.25) is 11.8 Å². The van der Waals surface area contributed by atoms with Gasteiger partial charge in [0.15, 0.2) is 0 Å². The smallest absolute Gasteiger partial charge is 0.274 e. The summed E-state index contributed by atoms with van der Waals surface area (Å²) < 4.78 is 37.8. The summed E-state index contributed by atoms with van der Waals surface area (Å²) in [7, 11) is 0. The van der Waals surface area contributed by atoms with Crippen molar-refractivity contribution < 1.29 is 22.8 Å². The molecule has 1 aromatic heterocycles. The molecule has 18 heavy (non-hydrogen) atoms. The maximum Gasteiger partial charge on any atom is 0.417 e. The first-order chi connectivity index (χ1) is 8.30. The minimum absolute atomic E-state index is 0.00206. The molecule has 1 saturated heterocycles. The number of amides is 2. The quantitative estimate of drug-likeness (QED) is 0.746. The molecule has 0 unspecified atom stereocenters. The number of pyridine rings is 1. The Morgan fingerprint density at radius 3 is 2.28 bits per heavy atom. The summed E-state index contributed by atoms with van der Waals surface area (Å²) in [4.78, 5) is 27.2. The van der Waals surface area contributed by atoms with E-state index >= 15 is 0 Å². The highest BCUT2D eigenvalue weighted by atomic mass is 79.9. The Balaban J connectivity index is 2.48. The number of carbonyl (C=O) groups excluding carboxylic acids is 2. The van der Waals surface area contributed by atoms with Crippen molar-refractivity contribution in [3.63, 3.8) is 0 Å². The Labute approximate surface area is 108 Å². The first kappa shape index (κ1) is 13.0. The lowest BCUT2D eigenvalue weighted by Gasteiger charge is -2.15. The first-order valence-corrected chi connectivity index (χ1v) is 5.68. The summed E-state index contributed by atoms with van der Waals surface area (Å²) in [5.74, 6) is -1.37. The van der Waals surface area contributed by atoms with Gasteiger partial charge in [-0.3, -0.25) is 9.59 Å². The van der Waals surface area contributed by atoms with Crippen molar-refractivity contribution in [1.82, 2.24) is 4.98 Å². The van der Waals surface area contributed by atoms with Gasteiger partial charge in [-0.25, -0.2) is 9.88 Å². The molecule has 2 rings (SSSR count). The Kier molecular flexibility index (Phi) is 3.14. The molecule has 0 radical (unpaired) electrons. The summed E-state index contributed by atoms with van der Waals surface area (Å²) >= 11 is 2.73. The number of alkyl halides is 3. The van der Waals surface area contributed by atoms with Gasteiger partial charge in [-0.2, -0.15) is 13.2 Å². The second-order valence-corrected chi connectivity index (χ2v) is 4.50. The lowest BCUT2D eigenvalue weighted by atomic mass is 10.2. The van der Waals surface area contributed by atoms with Crippen LogP contribution in [0.5, 0.6) is 0 Å². The number of aromatic nitrogens is 1. The number of imide groups is 1. The van der Waals surface area contributed by atoms with Crippen molar-refractivity contribution in [2.24, 2.45) is 0 Å². The van der Waals surface area contributed by atoms with E-state index < -0.39 is 23.6 Å². The standard InChI is InChI=1S/C10H6BrF3N2O2/c11-6-4-15-7(3-5(6)10(12,13)14)16-8(17)1-2-9(16)18/h3-4H,1-2H2. The molecule has 96 valence electrons. The molecule has 1 aliphatic heterocycles. The lowest BCUT2D eigenvalue weighted by molar-refractivity contribution is -0.138. The van der Waals surface area contributed by atoms with Gasteiger partial charge in [-0.1, -0.05) is 0 Å². The number of hydrogen-bond acceptors (Lipinski definition) is 3. The monoisotopic (exact) mass is 322 g/mol. The van der Waals surface area contributed by atoms with Gasteiger partial charge < -0.3 is 0 Å². The fourth-order valence-electron chi connectivity index (χ4n) is 1.60. The van der Waals surface area contributed by atoms with Crippen molar-refractivity contribution in [2.75, 3.05) is 4.90 Å². The molecule has 0 saturated carbocycles. The van der Waals surface area contributed by atoms with E-state index in [1.165, 1.54) is 0 Å². The summed E-state index contributed by atoms with van der Waals surface area (Å²) in [5, 5.41) is 0. The molecule has 4 nitrogen and oxygen atoms in total. The van der Waals surface area contributed by atoms with Crippen LogP contribution in [0.3, 0.4) is 0 Å². The SMILES string of the molecule is O=C1CCC(=O)N1c1cc(C(F)(F)F)c(Br)cn1. The average Bonchev–Trinajstić information content (AvgIpc) is 2.58. The topological polar surface area (TPSA) is 50.3 Å². The van der Waals surface area contributed by atoms with E-state index in [4.69, 9.17) is 0 Å². The van der Waals surface area contributed by atoms with Crippen LogP contribution in [0.15, 0.2) is 16.7 Å². The zero-order chi connectivity index (χ0) is 13.5. The predicted octanol–water partition coefficient (Wildman–Crippen LogP) is 2.52. The van der Waals surface area contributed by atoms with Crippen LogP contribution in [0.2, 0.25) is 0 Å². The van der Waals surface area contributed by atoms with E-state index in [0.29, 0.717) is 11.0 Å². The van der Waals surface area contributed by atoms with E-state index in [1.54, 1.807) is 0 Å². The third kappa shape index (κ3) is 2.24. The zero-order valence-electron chi connectivity index (χ0n) is 8.79. The van der Waals surface area contributed by atoms with Crippen molar-refractivity contribution in [1.29, 1.82) is 0 Å². The van der Waals surface area contributed by atoms with Crippen LogP contribution in [0.4, 0.5) is 19.0 Å². The van der Waals surface area contributed by atoms with Gasteiger partial charge in [0, 0.05) is 23.5 Å². The normalized spacial score (nSPS) is 16.6. The molecular weight excluding hydrogens is 317 g/mol. The second-order valence-electron chi connectivity index (χ2n) is 3.64. The average molecular weight is 323 g/mol. The van der Waals surface area contributed by atoms with E-state index in [-0.39, 0.29) is 23.1 Å². The highest BCUT2D eigenvalue weighted by Gasteiger charge is 2.36. The molecule has 1 aliphatic rings. The van der Waals surface area contributed by atoms with E-state index in [2.05, 4.69) is 20.9 Å². The van der Waals surface area contributed by atoms with Gasteiger partial charge in [-0.05, 0) is 22.0 Å². The molecule has 2 heterocycles.